The summed E-state index contributed by atoms with van der Waals surface area (Å²) in [7, 11) is 0. The van der Waals surface area contributed by atoms with Gasteiger partial charge in [-0.15, -0.1) is 0 Å². The normalized spacial score (nSPS) is 30.4. The average Bonchev–Trinajstić information content (AvgIpc) is 3.33. The topological polar surface area (TPSA) is 64.4 Å². The smallest absolute Gasteiger partial charge is 0.240 e. The van der Waals surface area contributed by atoms with Gasteiger partial charge in [-0.2, -0.15) is 5.10 Å². The summed E-state index contributed by atoms with van der Waals surface area (Å²) in [5.74, 6) is -0.854. The molecule has 3 fully saturated rings. The van der Waals surface area contributed by atoms with Gasteiger partial charge in [-0.25, -0.2) is 4.90 Å². The molecule has 6 nitrogen and oxygen atoms in total. The molecule has 3 aliphatic rings. The van der Waals surface area contributed by atoms with E-state index in [4.69, 9.17) is 4.74 Å². The third kappa shape index (κ3) is 2.17. The molecule has 4 heterocycles. The third-order valence-electron chi connectivity index (χ3n) is 5.59. The molecule has 5 rings (SSSR count). The van der Waals surface area contributed by atoms with Gasteiger partial charge in [-0.05, 0) is 25.3 Å². The maximum absolute atomic E-state index is 12.8. The molecule has 0 aliphatic carbocycles. The summed E-state index contributed by atoms with van der Waals surface area (Å²) in [6.07, 6.45) is 4.98. The van der Waals surface area contributed by atoms with Crippen molar-refractivity contribution >= 4 is 17.5 Å². The molecule has 0 spiro atoms. The maximum atomic E-state index is 12.8. The Morgan fingerprint density at radius 1 is 1.16 bits per heavy atom. The molecule has 2 aromatic rings. The average molecular weight is 337 g/mol. The van der Waals surface area contributed by atoms with Gasteiger partial charge in [-0.3, -0.25) is 14.3 Å². The van der Waals surface area contributed by atoms with Crippen LogP contribution >= 0.6 is 0 Å². The lowest BCUT2D eigenvalue weighted by molar-refractivity contribution is -0.124. The van der Waals surface area contributed by atoms with Crippen molar-refractivity contribution in [1.82, 2.24) is 9.78 Å². The van der Waals surface area contributed by atoms with Crippen molar-refractivity contribution < 1.29 is 14.3 Å². The van der Waals surface area contributed by atoms with Crippen LogP contribution in [-0.2, 0) is 20.9 Å². The fourth-order valence-corrected chi connectivity index (χ4v) is 4.52. The van der Waals surface area contributed by atoms with Gasteiger partial charge in [0.05, 0.1) is 42.5 Å². The Hall–Kier alpha value is -2.47. The molecular formula is C19H19N3O3. The summed E-state index contributed by atoms with van der Waals surface area (Å²) in [5.41, 5.74) is 2.89. The van der Waals surface area contributed by atoms with E-state index >= 15 is 0 Å². The fraction of sp³-hybridized carbons (Fsp3) is 0.421. The number of ether oxygens (including phenoxy) is 1. The first-order chi connectivity index (χ1) is 12.1. The number of hydrogen-bond acceptors (Lipinski definition) is 4. The predicted octanol–water partition coefficient (Wildman–Crippen LogP) is 1.91. The van der Waals surface area contributed by atoms with Gasteiger partial charge in [0.2, 0.25) is 11.8 Å². The summed E-state index contributed by atoms with van der Waals surface area (Å²) < 4.78 is 7.54. The predicted molar refractivity (Wildman–Crippen MR) is 89.9 cm³/mol. The zero-order valence-electron chi connectivity index (χ0n) is 14.0. The second kappa shape index (κ2) is 5.26. The van der Waals surface area contributed by atoms with Crippen LogP contribution in [0.15, 0.2) is 36.7 Å². The molecule has 2 bridgehead atoms. The highest BCUT2D eigenvalue weighted by molar-refractivity contribution is 6.22. The fourth-order valence-electron chi connectivity index (χ4n) is 4.52. The number of nitrogens with zero attached hydrogens (tertiary/aromatic N) is 3. The van der Waals surface area contributed by atoms with E-state index in [1.54, 1.807) is 17.1 Å². The Morgan fingerprint density at radius 3 is 2.56 bits per heavy atom. The number of amides is 2. The third-order valence-corrected chi connectivity index (χ3v) is 5.59. The second-order valence-corrected chi connectivity index (χ2v) is 7.24. The number of benzene rings is 1. The van der Waals surface area contributed by atoms with E-state index in [2.05, 4.69) is 24.2 Å². The molecular weight excluding hydrogens is 318 g/mol. The Balaban J connectivity index is 1.40. The molecule has 25 heavy (non-hydrogen) atoms. The van der Waals surface area contributed by atoms with Gasteiger partial charge >= 0.3 is 0 Å². The molecule has 3 aliphatic heterocycles. The lowest BCUT2D eigenvalue weighted by atomic mass is 9.81. The van der Waals surface area contributed by atoms with Crippen molar-refractivity contribution in [2.45, 2.75) is 38.5 Å². The largest absolute Gasteiger partial charge is 0.373 e. The zero-order valence-corrected chi connectivity index (χ0v) is 14.0. The minimum atomic E-state index is -0.300. The number of hydrogen-bond donors (Lipinski definition) is 0. The molecule has 0 saturated carbocycles. The quantitative estimate of drug-likeness (QED) is 0.803. The van der Waals surface area contributed by atoms with E-state index in [-0.39, 0.29) is 35.9 Å². The summed E-state index contributed by atoms with van der Waals surface area (Å²) in [6, 6.07) is 8.21. The number of anilines is 1. The molecule has 4 atom stereocenters. The zero-order chi connectivity index (χ0) is 17.1. The summed E-state index contributed by atoms with van der Waals surface area (Å²) >= 11 is 0. The first kappa shape index (κ1) is 14.8. The van der Waals surface area contributed by atoms with Crippen LogP contribution in [0.25, 0.3) is 0 Å². The van der Waals surface area contributed by atoms with Crippen LogP contribution in [0.2, 0.25) is 0 Å². The number of rotatable bonds is 3. The van der Waals surface area contributed by atoms with Crippen molar-refractivity contribution in [1.29, 1.82) is 0 Å². The number of imide groups is 1. The van der Waals surface area contributed by atoms with Crippen LogP contribution in [0, 0.1) is 18.8 Å². The number of carbonyl (C=O) groups excluding carboxylic acids is 2. The SMILES string of the molecule is Cc1cccc(Cn2cc(N3C(=O)C4C5CCC(O5)C4C3=O)cn2)c1. The Kier molecular flexibility index (Phi) is 3.12. The van der Waals surface area contributed by atoms with Gasteiger partial charge in [-0.1, -0.05) is 29.8 Å². The highest BCUT2D eigenvalue weighted by atomic mass is 16.5. The first-order valence-corrected chi connectivity index (χ1v) is 8.73. The Bertz CT molecular complexity index is 846. The summed E-state index contributed by atoms with van der Waals surface area (Å²) in [4.78, 5) is 26.9. The van der Waals surface area contributed by atoms with E-state index in [9.17, 15) is 9.59 Å². The van der Waals surface area contributed by atoms with Gasteiger partial charge in [0, 0.05) is 6.20 Å². The van der Waals surface area contributed by atoms with Crippen molar-refractivity contribution in [3.05, 3.63) is 47.8 Å². The number of fused-ring (bicyclic) bond motifs is 5. The minimum Gasteiger partial charge on any atom is -0.373 e. The molecule has 6 heteroatoms. The van der Waals surface area contributed by atoms with Crippen LogP contribution in [0.3, 0.4) is 0 Å². The summed E-state index contributed by atoms with van der Waals surface area (Å²) in [5, 5.41) is 4.34. The van der Waals surface area contributed by atoms with E-state index < -0.39 is 0 Å². The van der Waals surface area contributed by atoms with Crippen molar-refractivity contribution in [3.63, 3.8) is 0 Å². The van der Waals surface area contributed by atoms with Gasteiger partial charge in [0.15, 0.2) is 0 Å². The molecule has 1 aromatic heterocycles. The van der Waals surface area contributed by atoms with Crippen molar-refractivity contribution in [2.24, 2.45) is 11.8 Å². The van der Waals surface area contributed by atoms with Crippen LogP contribution < -0.4 is 4.90 Å². The van der Waals surface area contributed by atoms with Crippen molar-refractivity contribution in [2.75, 3.05) is 4.90 Å². The van der Waals surface area contributed by atoms with Crippen LogP contribution in [-0.4, -0.2) is 33.8 Å². The molecule has 128 valence electrons. The lowest BCUT2D eigenvalue weighted by Crippen LogP contribution is -2.33. The van der Waals surface area contributed by atoms with Crippen LogP contribution in [0.4, 0.5) is 5.69 Å². The maximum Gasteiger partial charge on any atom is 0.240 e. The van der Waals surface area contributed by atoms with E-state index in [1.165, 1.54) is 10.5 Å². The number of carbonyl (C=O) groups is 2. The van der Waals surface area contributed by atoms with Crippen molar-refractivity contribution in [3.8, 4) is 0 Å². The Labute approximate surface area is 145 Å². The highest BCUT2D eigenvalue weighted by Crippen LogP contribution is 2.49. The molecule has 1 aromatic carbocycles. The molecule has 0 N–H and O–H groups in total. The lowest BCUT2D eigenvalue weighted by Gasteiger charge is -2.15. The first-order valence-electron chi connectivity index (χ1n) is 8.73. The standard InChI is InChI=1S/C19H19N3O3/c1-11-3-2-4-12(7-11)9-21-10-13(8-20-21)22-18(23)16-14-5-6-15(25-14)17(16)19(22)24/h2-4,7-8,10,14-17H,5-6,9H2,1H3. The van der Waals surface area contributed by atoms with Crippen LogP contribution in [0.1, 0.15) is 24.0 Å². The highest BCUT2D eigenvalue weighted by Gasteiger charge is 2.62. The molecule has 0 radical (unpaired) electrons. The van der Waals surface area contributed by atoms with Gasteiger partial charge in [0.1, 0.15) is 0 Å². The minimum absolute atomic E-state index is 0.0845. The van der Waals surface area contributed by atoms with E-state index in [0.29, 0.717) is 12.2 Å². The van der Waals surface area contributed by atoms with E-state index in [1.807, 2.05) is 12.1 Å². The Morgan fingerprint density at radius 2 is 1.88 bits per heavy atom. The molecule has 3 saturated heterocycles. The van der Waals surface area contributed by atoms with Gasteiger partial charge < -0.3 is 4.74 Å². The number of aryl methyl sites for hydroxylation is 1. The molecule has 2 amide bonds. The summed E-state index contributed by atoms with van der Waals surface area (Å²) in [6.45, 7) is 2.66. The molecule has 4 unspecified atom stereocenters. The second-order valence-electron chi connectivity index (χ2n) is 7.24. The van der Waals surface area contributed by atoms with Crippen LogP contribution in [0.5, 0.6) is 0 Å². The van der Waals surface area contributed by atoms with Gasteiger partial charge in [0.25, 0.3) is 0 Å². The monoisotopic (exact) mass is 337 g/mol. The van der Waals surface area contributed by atoms with E-state index in [0.717, 1.165) is 18.4 Å². The number of aromatic nitrogens is 2.